The van der Waals surface area contributed by atoms with E-state index in [1.54, 1.807) is 0 Å². The van der Waals surface area contributed by atoms with Crippen molar-refractivity contribution in [1.29, 1.82) is 0 Å². The van der Waals surface area contributed by atoms with Crippen molar-refractivity contribution >= 4 is 21.9 Å². The summed E-state index contributed by atoms with van der Waals surface area (Å²) in [5.41, 5.74) is -0.250. The molecule has 1 aliphatic carbocycles. The van der Waals surface area contributed by atoms with Crippen molar-refractivity contribution in [2.24, 2.45) is 17.3 Å². The quantitative estimate of drug-likeness (QED) is 0.578. The zero-order chi connectivity index (χ0) is 11.1. The van der Waals surface area contributed by atoms with E-state index < -0.39 is 0 Å². The summed E-state index contributed by atoms with van der Waals surface area (Å²) in [6.45, 7) is 8.40. The number of halogens is 1. The van der Waals surface area contributed by atoms with Crippen LogP contribution in [0.1, 0.15) is 34.1 Å². The average Bonchev–Trinajstić information content (AvgIpc) is 2.55. The Labute approximate surface area is 94.5 Å². The van der Waals surface area contributed by atoms with Gasteiger partial charge in [0.25, 0.3) is 0 Å². The van der Waals surface area contributed by atoms with Gasteiger partial charge in [0, 0.05) is 4.32 Å². The Hall–Kier alpha value is -0.0500. The van der Waals surface area contributed by atoms with Crippen LogP contribution in [0.5, 0.6) is 0 Å². The van der Waals surface area contributed by atoms with Crippen molar-refractivity contribution in [2.75, 3.05) is 7.11 Å². The van der Waals surface area contributed by atoms with E-state index in [0.717, 1.165) is 6.42 Å². The smallest absolute Gasteiger partial charge is 0.312 e. The van der Waals surface area contributed by atoms with Crippen LogP contribution in [0.25, 0.3) is 0 Å². The number of carbonyl (C=O) groups excluding carboxylic acids is 1. The van der Waals surface area contributed by atoms with Crippen molar-refractivity contribution < 1.29 is 9.53 Å². The zero-order valence-corrected chi connectivity index (χ0v) is 11.1. The third-order valence-electron chi connectivity index (χ3n) is 3.54. The first-order chi connectivity index (χ1) is 6.23. The number of hydrogen-bond acceptors (Lipinski definition) is 2. The fourth-order valence-electron chi connectivity index (χ4n) is 2.30. The highest BCUT2D eigenvalue weighted by atomic mass is 79.9. The summed E-state index contributed by atoms with van der Waals surface area (Å²) in [5.74, 6) is 0.822. The molecule has 0 bridgehead atoms. The molecule has 1 rings (SSSR count). The number of alkyl halides is 1. The molecule has 0 spiro atoms. The molecule has 0 amide bonds. The third-order valence-corrected chi connectivity index (χ3v) is 3.86. The molecular weight excluding hydrogens is 244 g/mol. The van der Waals surface area contributed by atoms with Gasteiger partial charge >= 0.3 is 5.97 Å². The summed E-state index contributed by atoms with van der Waals surface area (Å²) in [6.07, 6.45) is 1.01. The predicted octanol–water partition coefficient (Wildman–Crippen LogP) is 3.00. The molecule has 3 heteroatoms. The van der Waals surface area contributed by atoms with Gasteiger partial charge < -0.3 is 4.74 Å². The minimum atomic E-state index is -0.250. The van der Waals surface area contributed by atoms with Crippen LogP contribution in [0.15, 0.2) is 0 Å². The Morgan fingerprint density at radius 3 is 2.43 bits per heavy atom. The Kier molecular flexibility index (Phi) is 3.01. The number of carbonyl (C=O) groups is 1. The van der Waals surface area contributed by atoms with Gasteiger partial charge in [-0.15, -0.1) is 0 Å². The minimum absolute atomic E-state index is 0.0632. The van der Waals surface area contributed by atoms with Crippen LogP contribution < -0.4 is 0 Å². The number of hydrogen-bond donors (Lipinski definition) is 0. The van der Waals surface area contributed by atoms with Gasteiger partial charge in [-0.25, -0.2) is 0 Å². The molecule has 14 heavy (non-hydrogen) atoms. The van der Waals surface area contributed by atoms with Crippen molar-refractivity contribution in [2.45, 2.75) is 38.4 Å². The second kappa shape index (κ2) is 3.51. The molecule has 0 aromatic heterocycles. The van der Waals surface area contributed by atoms with Gasteiger partial charge in [0.15, 0.2) is 0 Å². The molecule has 0 N–H and O–H groups in total. The maximum absolute atomic E-state index is 11.6. The van der Waals surface area contributed by atoms with E-state index in [1.165, 1.54) is 7.11 Å². The lowest BCUT2D eigenvalue weighted by Gasteiger charge is -2.17. The number of rotatable bonds is 3. The van der Waals surface area contributed by atoms with Gasteiger partial charge in [0.2, 0.25) is 0 Å². The van der Waals surface area contributed by atoms with Gasteiger partial charge in [0.1, 0.15) is 0 Å². The van der Waals surface area contributed by atoms with Crippen LogP contribution in [0.2, 0.25) is 0 Å². The Morgan fingerprint density at radius 1 is 1.57 bits per heavy atom. The van der Waals surface area contributed by atoms with E-state index in [9.17, 15) is 4.79 Å². The van der Waals surface area contributed by atoms with E-state index in [-0.39, 0.29) is 15.7 Å². The fraction of sp³-hybridized carbons (Fsp3) is 0.909. The molecule has 1 fully saturated rings. The topological polar surface area (TPSA) is 26.3 Å². The van der Waals surface area contributed by atoms with E-state index in [2.05, 4.69) is 36.7 Å². The van der Waals surface area contributed by atoms with Gasteiger partial charge in [0.05, 0.1) is 12.5 Å². The lowest BCUT2D eigenvalue weighted by molar-refractivity contribution is -0.147. The maximum Gasteiger partial charge on any atom is 0.312 e. The first-order valence-electron chi connectivity index (χ1n) is 5.01. The summed E-state index contributed by atoms with van der Waals surface area (Å²) < 4.78 is 4.95. The summed E-state index contributed by atoms with van der Waals surface area (Å²) >= 11 is 3.62. The Morgan fingerprint density at radius 2 is 2.07 bits per heavy atom. The van der Waals surface area contributed by atoms with Crippen molar-refractivity contribution in [3.05, 3.63) is 0 Å². The standard InChI is InChI=1S/C11H19BrO2/c1-7-8(6-10(2,3)12)11(7,4)9(13)14-5/h7-8H,6H2,1-5H3. The minimum Gasteiger partial charge on any atom is -0.469 e. The molecule has 0 aliphatic heterocycles. The number of methoxy groups -OCH3 is 1. The first-order valence-corrected chi connectivity index (χ1v) is 5.80. The van der Waals surface area contributed by atoms with Crippen molar-refractivity contribution in [1.82, 2.24) is 0 Å². The fourth-order valence-corrected chi connectivity index (χ4v) is 2.65. The van der Waals surface area contributed by atoms with Crippen LogP contribution in [-0.4, -0.2) is 17.4 Å². The summed E-state index contributed by atoms with van der Waals surface area (Å²) in [6, 6.07) is 0. The highest BCUT2D eigenvalue weighted by Gasteiger charge is 2.64. The van der Waals surface area contributed by atoms with E-state index in [4.69, 9.17) is 4.74 Å². The molecular formula is C11H19BrO2. The lowest BCUT2D eigenvalue weighted by Crippen LogP contribution is -2.20. The summed E-state index contributed by atoms with van der Waals surface area (Å²) in [5, 5.41) is 0. The van der Waals surface area contributed by atoms with Crippen molar-refractivity contribution in [3.63, 3.8) is 0 Å². The van der Waals surface area contributed by atoms with Gasteiger partial charge in [-0.2, -0.15) is 0 Å². The van der Waals surface area contributed by atoms with Crippen LogP contribution in [0.4, 0.5) is 0 Å². The maximum atomic E-state index is 11.6. The molecule has 1 aliphatic rings. The van der Waals surface area contributed by atoms with Crippen LogP contribution in [0.3, 0.4) is 0 Å². The molecule has 0 aromatic carbocycles. The van der Waals surface area contributed by atoms with Crippen LogP contribution >= 0.6 is 15.9 Å². The molecule has 0 heterocycles. The highest BCUT2D eigenvalue weighted by Crippen LogP contribution is 2.62. The van der Waals surface area contributed by atoms with Crippen LogP contribution in [-0.2, 0) is 9.53 Å². The largest absolute Gasteiger partial charge is 0.469 e. The Bertz CT molecular complexity index is 244. The second-order valence-electron chi connectivity index (χ2n) is 5.09. The van der Waals surface area contributed by atoms with E-state index >= 15 is 0 Å². The molecule has 1 saturated carbocycles. The zero-order valence-electron chi connectivity index (χ0n) is 9.56. The third kappa shape index (κ3) is 1.97. The molecule has 0 aromatic rings. The van der Waals surface area contributed by atoms with Crippen LogP contribution in [0, 0.1) is 17.3 Å². The van der Waals surface area contributed by atoms with Gasteiger partial charge in [-0.3, -0.25) is 4.79 Å². The molecule has 3 unspecified atom stereocenters. The normalized spacial score (nSPS) is 36.7. The SMILES string of the molecule is COC(=O)C1(C)C(C)C1CC(C)(C)Br. The monoisotopic (exact) mass is 262 g/mol. The van der Waals surface area contributed by atoms with E-state index in [0.29, 0.717) is 11.8 Å². The molecule has 0 saturated heterocycles. The van der Waals surface area contributed by atoms with Gasteiger partial charge in [-0.1, -0.05) is 36.7 Å². The molecule has 3 atom stereocenters. The van der Waals surface area contributed by atoms with Gasteiger partial charge in [-0.05, 0) is 25.2 Å². The molecule has 2 nitrogen and oxygen atoms in total. The molecule has 82 valence electrons. The number of esters is 1. The molecule has 0 radical (unpaired) electrons. The lowest BCUT2D eigenvalue weighted by atomic mass is 9.99. The average molecular weight is 263 g/mol. The van der Waals surface area contributed by atoms with Crippen molar-refractivity contribution in [3.8, 4) is 0 Å². The summed E-state index contributed by atoms with van der Waals surface area (Å²) in [4.78, 5) is 11.6. The Balaban J connectivity index is 2.65. The predicted molar refractivity (Wildman–Crippen MR) is 60.4 cm³/mol. The summed E-state index contributed by atoms with van der Waals surface area (Å²) in [7, 11) is 1.47. The first kappa shape index (κ1) is 12.0. The second-order valence-corrected chi connectivity index (χ2v) is 7.24. The number of ether oxygens (including phenoxy) is 1. The highest BCUT2D eigenvalue weighted by molar-refractivity contribution is 9.10. The van der Waals surface area contributed by atoms with E-state index in [1.807, 2.05) is 6.92 Å².